The van der Waals surface area contributed by atoms with E-state index in [1.807, 2.05) is 24.3 Å². The molecule has 0 unspecified atom stereocenters. The molecule has 156 valence electrons. The summed E-state index contributed by atoms with van der Waals surface area (Å²) in [6.07, 6.45) is 2.15. The number of rotatable bonds is 8. The first kappa shape index (κ1) is 21.2. The van der Waals surface area contributed by atoms with Crippen molar-refractivity contribution in [1.29, 1.82) is 0 Å². The van der Waals surface area contributed by atoms with E-state index >= 15 is 0 Å². The topological polar surface area (TPSA) is 102 Å². The average molecular weight is 420 g/mol. The number of methoxy groups -OCH3 is 1. The molecule has 9 heteroatoms. The van der Waals surface area contributed by atoms with Gasteiger partial charge in [-0.05, 0) is 56.6 Å². The van der Waals surface area contributed by atoms with Crippen LogP contribution in [0.25, 0.3) is 0 Å². The van der Waals surface area contributed by atoms with E-state index in [1.165, 1.54) is 12.1 Å². The molecule has 1 heterocycles. The molecule has 0 bridgehead atoms. The van der Waals surface area contributed by atoms with Crippen LogP contribution in [0.1, 0.15) is 30.0 Å². The van der Waals surface area contributed by atoms with E-state index in [1.54, 1.807) is 14.0 Å². The smallest absolute Gasteiger partial charge is 0.273 e. The molecular weight excluding hydrogens is 394 g/mol. The van der Waals surface area contributed by atoms with Gasteiger partial charge in [-0.2, -0.15) is 0 Å². The maximum absolute atomic E-state index is 12.8. The van der Waals surface area contributed by atoms with E-state index in [0.29, 0.717) is 5.56 Å². The molecule has 1 atom stereocenters. The van der Waals surface area contributed by atoms with Gasteiger partial charge >= 0.3 is 0 Å². The normalized spacial score (nSPS) is 15.9. The summed E-state index contributed by atoms with van der Waals surface area (Å²) in [5.74, 6) is 0.737. The molecule has 0 spiro atoms. The number of nitro benzene ring substituents is 1. The Labute approximate surface area is 170 Å². The van der Waals surface area contributed by atoms with Crippen LogP contribution in [-0.4, -0.2) is 45.0 Å². The number of nitrogens with one attached hydrogen (secondary N) is 1. The van der Waals surface area contributed by atoms with Crippen molar-refractivity contribution in [2.24, 2.45) is 0 Å². The van der Waals surface area contributed by atoms with Crippen LogP contribution >= 0.6 is 0 Å². The molecule has 29 heavy (non-hydrogen) atoms. The third-order valence-electron chi connectivity index (χ3n) is 5.24. The molecule has 0 aliphatic carbocycles. The van der Waals surface area contributed by atoms with Gasteiger partial charge in [0.2, 0.25) is 10.0 Å². The number of nitrogens with zero attached hydrogens (tertiary/aromatic N) is 2. The Hall–Kier alpha value is -2.49. The van der Waals surface area contributed by atoms with Crippen LogP contribution in [0.4, 0.5) is 5.69 Å². The second kappa shape index (κ2) is 8.89. The molecule has 2 aromatic rings. The standard InChI is InChI=1S/C20H25N3O5S/c1-15-5-10-18(13-19(15)23(24)25)29(26,27)21-14-20(22-11-3-4-12-22)16-6-8-17(28-2)9-7-16/h5-10,13,20-21H,3-4,11-12,14H2,1-2H3/t20-/m1/s1. The minimum Gasteiger partial charge on any atom is -0.497 e. The van der Waals surface area contributed by atoms with Gasteiger partial charge in [-0.25, -0.2) is 13.1 Å². The second-order valence-electron chi connectivity index (χ2n) is 7.09. The average Bonchev–Trinajstić information content (AvgIpc) is 3.23. The zero-order chi connectivity index (χ0) is 21.0. The highest BCUT2D eigenvalue weighted by Gasteiger charge is 2.26. The van der Waals surface area contributed by atoms with Gasteiger partial charge in [0.1, 0.15) is 5.75 Å². The van der Waals surface area contributed by atoms with Crippen molar-refractivity contribution >= 4 is 15.7 Å². The van der Waals surface area contributed by atoms with E-state index in [2.05, 4.69) is 9.62 Å². The Kier molecular flexibility index (Phi) is 6.51. The first-order chi connectivity index (χ1) is 13.8. The molecule has 0 saturated carbocycles. The first-order valence-corrected chi connectivity index (χ1v) is 10.9. The Morgan fingerprint density at radius 2 is 1.83 bits per heavy atom. The Bertz CT molecular complexity index is 970. The highest BCUT2D eigenvalue weighted by Crippen LogP contribution is 2.27. The summed E-state index contributed by atoms with van der Waals surface area (Å²) in [4.78, 5) is 12.7. The second-order valence-corrected chi connectivity index (χ2v) is 8.86. The van der Waals surface area contributed by atoms with Crippen LogP contribution in [-0.2, 0) is 10.0 Å². The summed E-state index contributed by atoms with van der Waals surface area (Å²) in [5.41, 5.74) is 1.20. The maximum Gasteiger partial charge on any atom is 0.273 e. The van der Waals surface area contributed by atoms with Crippen molar-refractivity contribution in [1.82, 2.24) is 9.62 Å². The molecule has 8 nitrogen and oxygen atoms in total. The van der Waals surface area contributed by atoms with Crippen molar-refractivity contribution in [2.45, 2.75) is 30.7 Å². The quantitative estimate of drug-likeness (QED) is 0.521. The number of likely N-dealkylation sites (tertiary alicyclic amines) is 1. The zero-order valence-corrected chi connectivity index (χ0v) is 17.3. The van der Waals surface area contributed by atoms with E-state index < -0.39 is 14.9 Å². The van der Waals surface area contributed by atoms with Crippen molar-refractivity contribution < 1.29 is 18.1 Å². The van der Waals surface area contributed by atoms with Crippen LogP contribution in [0.3, 0.4) is 0 Å². The van der Waals surface area contributed by atoms with Gasteiger partial charge in [0, 0.05) is 24.2 Å². The maximum atomic E-state index is 12.8. The van der Waals surface area contributed by atoms with Crippen molar-refractivity contribution in [3.8, 4) is 5.75 Å². The summed E-state index contributed by atoms with van der Waals surface area (Å²) < 4.78 is 33.4. The largest absolute Gasteiger partial charge is 0.497 e. The van der Waals surface area contributed by atoms with Crippen molar-refractivity contribution in [3.05, 3.63) is 63.7 Å². The SMILES string of the molecule is COc1ccc([C@@H](CNS(=O)(=O)c2ccc(C)c([N+](=O)[O-])c2)N2CCCC2)cc1. The predicted octanol–water partition coefficient (Wildman–Crippen LogP) is 3.03. The van der Waals surface area contributed by atoms with Gasteiger partial charge in [-0.3, -0.25) is 15.0 Å². The Morgan fingerprint density at radius 1 is 1.17 bits per heavy atom. The lowest BCUT2D eigenvalue weighted by Crippen LogP contribution is -2.36. The third-order valence-corrected chi connectivity index (χ3v) is 6.66. The summed E-state index contributed by atoms with van der Waals surface area (Å²) in [6.45, 7) is 3.55. The van der Waals surface area contributed by atoms with Gasteiger partial charge < -0.3 is 4.74 Å². The lowest BCUT2D eigenvalue weighted by atomic mass is 10.1. The molecule has 1 fully saturated rings. The van der Waals surface area contributed by atoms with Crippen LogP contribution < -0.4 is 9.46 Å². The minimum atomic E-state index is -3.88. The highest BCUT2D eigenvalue weighted by molar-refractivity contribution is 7.89. The Morgan fingerprint density at radius 3 is 2.41 bits per heavy atom. The summed E-state index contributed by atoms with van der Waals surface area (Å²) in [5, 5.41) is 11.2. The molecule has 1 saturated heterocycles. The lowest BCUT2D eigenvalue weighted by molar-refractivity contribution is -0.385. The third kappa shape index (κ3) is 4.92. The lowest BCUT2D eigenvalue weighted by Gasteiger charge is -2.28. The molecule has 1 N–H and O–H groups in total. The van der Waals surface area contributed by atoms with Gasteiger partial charge in [0.15, 0.2) is 0 Å². The van der Waals surface area contributed by atoms with Crippen LogP contribution in [0.5, 0.6) is 5.75 Å². The molecule has 0 amide bonds. The summed E-state index contributed by atoms with van der Waals surface area (Å²) >= 11 is 0. The van der Waals surface area contributed by atoms with E-state index in [4.69, 9.17) is 4.74 Å². The number of aryl methyl sites for hydroxylation is 1. The van der Waals surface area contributed by atoms with Crippen molar-refractivity contribution in [3.63, 3.8) is 0 Å². The highest BCUT2D eigenvalue weighted by atomic mass is 32.2. The molecule has 1 aliphatic heterocycles. The summed E-state index contributed by atoms with van der Waals surface area (Å²) in [7, 11) is -2.29. The molecule has 0 aromatic heterocycles. The van der Waals surface area contributed by atoms with Crippen LogP contribution in [0.15, 0.2) is 47.4 Å². The van der Waals surface area contributed by atoms with Crippen molar-refractivity contribution in [2.75, 3.05) is 26.7 Å². The molecule has 2 aromatic carbocycles. The number of ether oxygens (including phenoxy) is 1. The minimum absolute atomic E-state index is 0.107. The van der Waals surface area contributed by atoms with Crippen LogP contribution in [0, 0.1) is 17.0 Å². The molecule has 3 rings (SSSR count). The van der Waals surface area contributed by atoms with Gasteiger partial charge in [0.05, 0.1) is 16.9 Å². The predicted molar refractivity (Wildman–Crippen MR) is 110 cm³/mol. The van der Waals surface area contributed by atoms with Gasteiger partial charge in [0.25, 0.3) is 5.69 Å². The fourth-order valence-electron chi connectivity index (χ4n) is 3.56. The van der Waals surface area contributed by atoms with E-state index in [0.717, 1.165) is 43.3 Å². The monoisotopic (exact) mass is 419 g/mol. The zero-order valence-electron chi connectivity index (χ0n) is 16.5. The number of benzene rings is 2. The number of sulfonamides is 1. The van der Waals surface area contributed by atoms with Gasteiger partial charge in [-0.1, -0.05) is 18.2 Å². The molecular formula is C20H25N3O5S. The van der Waals surface area contributed by atoms with Gasteiger partial charge in [-0.15, -0.1) is 0 Å². The number of hydrogen-bond acceptors (Lipinski definition) is 6. The number of hydrogen-bond donors (Lipinski definition) is 1. The van der Waals surface area contributed by atoms with E-state index in [9.17, 15) is 18.5 Å². The molecule has 0 radical (unpaired) electrons. The fourth-order valence-corrected chi connectivity index (χ4v) is 4.62. The fraction of sp³-hybridized carbons (Fsp3) is 0.400. The molecule has 1 aliphatic rings. The number of nitro groups is 1. The van der Waals surface area contributed by atoms with Crippen LogP contribution in [0.2, 0.25) is 0 Å². The summed E-state index contributed by atoms with van der Waals surface area (Å²) in [6, 6.07) is 11.4. The Balaban J connectivity index is 1.82. The van der Waals surface area contributed by atoms with E-state index in [-0.39, 0.29) is 23.2 Å². The first-order valence-electron chi connectivity index (χ1n) is 9.44.